The Kier molecular flexibility index (Phi) is 6.68. The molecule has 0 spiro atoms. The van der Waals surface area contributed by atoms with Gasteiger partial charge < -0.3 is 9.80 Å². The van der Waals surface area contributed by atoms with E-state index in [2.05, 4.69) is 0 Å². The first-order valence-corrected chi connectivity index (χ1v) is 11.6. The summed E-state index contributed by atoms with van der Waals surface area (Å²) in [5.74, 6) is -0.0989. The van der Waals surface area contributed by atoms with Gasteiger partial charge in [-0.1, -0.05) is 31.4 Å². The molecule has 1 aromatic rings. The largest absolute Gasteiger partial charge is 0.341 e. The van der Waals surface area contributed by atoms with Crippen molar-refractivity contribution < 1.29 is 19.2 Å². The molecule has 0 atom stereocenters. The Morgan fingerprint density at radius 2 is 1.42 bits per heavy atom. The summed E-state index contributed by atoms with van der Waals surface area (Å²) in [4.78, 5) is 55.4. The Morgan fingerprint density at radius 1 is 0.806 bits per heavy atom. The van der Waals surface area contributed by atoms with Crippen LogP contribution in [0.4, 0.5) is 0 Å². The molecule has 7 nitrogen and oxygen atoms in total. The minimum Gasteiger partial charge on any atom is -0.341 e. The molecule has 7 heteroatoms. The number of carbonyl (C=O) groups is 4. The van der Waals surface area contributed by atoms with Gasteiger partial charge in [0.25, 0.3) is 11.8 Å². The fourth-order valence-electron chi connectivity index (χ4n) is 4.98. The van der Waals surface area contributed by atoms with Crippen molar-refractivity contribution in [3.05, 3.63) is 35.4 Å². The molecule has 0 N–H and O–H groups in total. The van der Waals surface area contributed by atoms with Crippen LogP contribution in [0.15, 0.2) is 24.3 Å². The van der Waals surface area contributed by atoms with Crippen LogP contribution in [0.25, 0.3) is 0 Å². The van der Waals surface area contributed by atoms with Gasteiger partial charge in [-0.05, 0) is 37.8 Å². The summed E-state index contributed by atoms with van der Waals surface area (Å²) in [5.41, 5.74) is 0.878. The van der Waals surface area contributed by atoms with Crippen LogP contribution in [0.1, 0.15) is 72.1 Å². The van der Waals surface area contributed by atoms with Gasteiger partial charge in [0.15, 0.2) is 0 Å². The summed E-state index contributed by atoms with van der Waals surface area (Å²) in [6, 6.07) is 6.83. The van der Waals surface area contributed by atoms with E-state index in [1.807, 2.05) is 9.80 Å². The van der Waals surface area contributed by atoms with Crippen LogP contribution in [0.2, 0.25) is 0 Å². The first-order valence-electron chi connectivity index (χ1n) is 11.6. The van der Waals surface area contributed by atoms with Crippen molar-refractivity contribution in [2.45, 2.75) is 51.4 Å². The van der Waals surface area contributed by atoms with Gasteiger partial charge in [0.05, 0.1) is 11.1 Å². The number of imide groups is 1. The average Bonchev–Trinajstić information content (AvgIpc) is 2.97. The monoisotopic (exact) mass is 425 g/mol. The predicted octanol–water partition coefficient (Wildman–Crippen LogP) is 2.70. The van der Waals surface area contributed by atoms with E-state index in [9.17, 15) is 19.2 Å². The molecule has 4 rings (SSSR count). The first kappa shape index (κ1) is 21.5. The molecular weight excluding hydrogens is 394 g/mol. The Bertz CT molecular complexity index is 827. The van der Waals surface area contributed by atoms with Crippen LogP contribution in [0, 0.1) is 5.92 Å². The highest BCUT2D eigenvalue weighted by atomic mass is 16.2. The lowest BCUT2D eigenvalue weighted by atomic mass is 9.88. The van der Waals surface area contributed by atoms with Gasteiger partial charge in [-0.3, -0.25) is 24.1 Å². The third-order valence-corrected chi connectivity index (χ3v) is 6.77. The summed E-state index contributed by atoms with van der Waals surface area (Å²) in [5, 5.41) is 0. The normalized spacial score (nSPS) is 20.1. The number of rotatable bonds is 5. The third kappa shape index (κ3) is 4.65. The van der Waals surface area contributed by atoms with E-state index < -0.39 is 0 Å². The molecule has 31 heavy (non-hydrogen) atoms. The van der Waals surface area contributed by atoms with E-state index in [0.29, 0.717) is 50.1 Å². The highest BCUT2D eigenvalue weighted by molar-refractivity contribution is 6.21. The van der Waals surface area contributed by atoms with E-state index in [0.717, 1.165) is 32.1 Å². The predicted molar refractivity (Wildman–Crippen MR) is 115 cm³/mol. The smallest absolute Gasteiger partial charge is 0.261 e. The van der Waals surface area contributed by atoms with Crippen LogP contribution in [-0.2, 0) is 9.59 Å². The number of nitrogens with zero attached hydrogens (tertiary/aromatic N) is 3. The molecule has 2 aliphatic heterocycles. The SMILES string of the molecule is O=C(CCCN1C(=O)c2ccccc2C1=O)N1CCCN(C(=O)C2CCCCC2)CC1. The lowest BCUT2D eigenvalue weighted by Crippen LogP contribution is -2.40. The number of carbonyl (C=O) groups excluding carboxylic acids is 4. The van der Waals surface area contributed by atoms with Crippen molar-refractivity contribution in [2.24, 2.45) is 5.92 Å². The molecule has 2 heterocycles. The summed E-state index contributed by atoms with van der Waals surface area (Å²) in [7, 11) is 0. The van der Waals surface area contributed by atoms with Crippen LogP contribution in [0.5, 0.6) is 0 Å². The molecule has 1 aromatic carbocycles. The van der Waals surface area contributed by atoms with Crippen molar-refractivity contribution in [3.8, 4) is 0 Å². The molecule has 0 radical (unpaired) electrons. The summed E-state index contributed by atoms with van der Waals surface area (Å²) in [6.45, 7) is 2.77. The third-order valence-electron chi connectivity index (χ3n) is 6.77. The Morgan fingerprint density at radius 3 is 2.10 bits per heavy atom. The minimum atomic E-state index is -0.278. The van der Waals surface area contributed by atoms with E-state index >= 15 is 0 Å². The molecule has 0 unspecified atom stereocenters. The van der Waals surface area contributed by atoms with Crippen molar-refractivity contribution in [1.82, 2.24) is 14.7 Å². The quantitative estimate of drug-likeness (QED) is 0.680. The van der Waals surface area contributed by atoms with Crippen molar-refractivity contribution in [2.75, 3.05) is 32.7 Å². The molecule has 0 bridgehead atoms. The molecular formula is C24H31N3O4. The second kappa shape index (κ2) is 9.62. The number of hydrogen-bond acceptors (Lipinski definition) is 4. The van der Waals surface area contributed by atoms with E-state index in [1.54, 1.807) is 24.3 Å². The van der Waals surface area contributed by atoms with Crippen molar-refractivity contribution in [3.63, 3.8) is 0 Å². The number of benzene rings is 1. The minimum absolute atomic E-state index is 0.0311. The van der Waals surface area contributed by atoms with Crippen LogP contribution in [0.3, 0.4) is 0 Å². The summed E-state index contributed by atoms with van der Waals surface area (Å²) in [6.07, 6.45) is 7.04. The van der Waals surface area contributed by atoms with Gasteiger partial charge in [0.1, 0.15) is 0 Å². The van der Waals surface area contributed by atoms with Gasteiger partial charge in [0, 0.05) is 45.1 Å². The Balaban J connectivity index is 1.24. The van der Waals surface area contributed by atoms with E-state index in [-0.39, 0.29) is 36.1 Å². The second-order valence-electron chi connectivity index (χ2n) is 8.81. The van der Waals surface area contributed by atoms with Gasteiger partial charge in [0.2, 0.25) is 11.8 Å². The van der Waals surface area contributed by atoms with Gasteiger partial charge in [-0.25, -0.2) is 0 Å². The van der Waals surface area contributed by atoms with Crippen LogP contribution >= 0.6 is 0 Å². The maximum atomic E-state index is 12.8. The zero-order valence-electron chi connectivity index (χ0n) is 18.1. The molecule has 0 aromatic heterocycles. The molecule has 1 saturated heterocycles. The van der Waals surface area contributed by atoms with Crippen molar-refractivity contribution in [1.29, 1.82) is 0 Å². The number of fused-ring (bicyclic) bond motifs is 1. The number of hydrogen-bond donors (Lipinski definition) is 0. The second-order valence-corrected chi connectivity index (χ2v) is 8.81. The highest BCUT2D eigenvalue weighted by Gasteiger charge is 2.35. The van der Waals surface area contributed by atoms with Gasteiger partial charge in [-0.2, -0.15) is 0 Å². The average molecular weight is 426 g/mol. The van der Waals surface area contributed by atoms with E-state index in [1.165, 1.54) is 11.3 Å². The lowest BCUT2D eigenvalue weighted by molar-refractivity contribution is -0.137. The Hall–Kier alpha value is -2.70. The fraction of sp³-hybridized carbons (Fsp3) is 0.583. The first-order chi connectivity index (χ1) is 15.1. The lowest BCUT2D eigenvalue weighted by Gasteiger charge is -2.28. The molecule has 4 amide bonds. The van der Waals surface area contributed by atoms with Crippen LogP contribution < -0.4 is 0 Å². The zero-order chi connectivity index (χ0) is 21.8. The summed E-state index contributed by atoms with van der Waals surface area (Å²) >= 11 is 0. The zero-order valence-corrected chi connectivity index (χ0v) is 18.1. The van der Waals surface area contributed by atoms with Crippen molar-refractivity contribution >= 4 is 23.6 Å². The summed E-state index contributed by atoms with van der Waals surface area (Å²) < 4.78 is 0. The molecule has 166 valence electrons. The maximum absolute atomic E-state index is 12.8. The highest BCUT2D eigenvalue weighted by Crippen LogP contribution is 2.26. The standard InChI is InChI=1S/C24H31N3O4/c28-21(12-6-15-27-23(30)19-10-4-5-11-20(19)24(27)31)25-13-7-14-26(17-16-25)22(29)18-8-2-1-3-9-18/h4-5,10-11,18H,1-3,6-9,12-17H2. The molecule has 1 saturated carbocycles. The van der Waals surface area contributed by atoms with Crippen LogP contribution in [-0.4, -0.2) is 71.1 Å². The van der Waals surface area contributed by atoms with E-state index in [4.69, 9.17) is 0 Å². The maximum Gasteiger partial charge on any atom is 0.261 e. The molecule has 3 aliphatic rings. The molecule has 2 fully saturated rings. The topological polar surface area (TPSA) is 78.0 Å². The fourth-order valence-corrected chi connectivity index (χ4v) is 4.98. The van der Waals surface area contributed by atoms with Gasteiger partial charge in [-0.15, -0.1) is 0 Å². The molecule has 1 aliphatic carbocycles. The van der Waals surface area contributed by atoms with Gasteiger partial charge >= 0.3 is 0 Å². The Labute approximate surface area is 183 Å². The number of amides is 4.